The Morgan fingerprint density at radius 3 is 2.53 bits per heavy atom. The van der Waals surface area contributed by atoms with Crippen molar-refractivity contribution < 1.29 is 14.7 Å². The van der Waals surface area contributed by atoms with Crippen molar-refractivity contribution >= 4 is 23.3 Å². The quantitative estimate of drug-likeness (QED) is 0.814. The van der Waals surface area contributed by atoms with Crippen molar-refractivity contribution in [3.8, 4) is 0 Å². The number of anilines is 2. The number of carbonyl (C=O) groups is 2. The average molecular weight is 262 g/mol. The number of nitrogens with one attached hydrogen (secondary N) is 1. The number of hydrogen-bond donors (Lipinski definition) is 2. The average Bonchev–Trinajstić information content (AvgIpc) is 2.92. The number of carboxylic acids is 1. The van der Waals surface area contributed by atoms with E-state index in [1.54, 1.807) is 6.07 Å². The van der Waals surface area contributed by atoms with Crippen molar-refractivity contribution in [2.45, 2.75) is 19.8 Å². The van der Waals surface area contributed by atoms with Gasteiger partial charge in [0.25, 0.3) is 0 Å². The van der Waals surface area contributed by atoms with Gasteiger partial charge >= 0.3 is 5.97 Å². The number of para-hydroxylation sites is 2. The number of carboxylic acid groups (broad SMARTS) is 1. The maximum atomic E-state index is 11.8. The van der Waals surface area contributed by atoms with E-state index in [0.29, 0.717) is 5.69 Å². The van der Waals surface area contributed by atoms with Crippen LogP contribution in [-0.2, 0) is 9.59 Å². The van der Waals surface area contributed by atoms with Crippen LogP contribution in [-0.4, -0.2) is 30.1 Å². The number of carbonyl (C=O) groups excluding carboxylic acids is 1. The first kappa shape index (κ1) is 13.4. The zero-order valence-corrected chi connectivity index (χ0v) is 10.9. The zero-order valence-electron chi connectivity index (χ0n) is 10.9. The SMILES string of the molecule is CC(C(=O)O)C(=O)Nc1ccccc1N1CCCC1. The molecule has 2 N–H and O–H groups in total. The van der Waals surface area contributed by atoms with Crippen molar-refractivity contribution in [3.05, 3.63) is 24.3 Å². The minimum atomic E-state index is -1.11. The second-order valence-corrected chi connectivity index (χ2v) is 4.76. The molecule has 0 aromatic heterocycles. The molecule has 5 heteroatoms. The molecule has 1 aromatic carbocycles. The topological polar surface area (TPSA) is 69.6 Å². The van der Waals surface area contributed by atoms with Gasteiger partial charge < -0.3 is 15.3 Å². The normalized spacial score (nSPS) is 16.2. The molecule has 1 aliphatic rings. The molecule has 0 bridgehead atoms. The van der Waals surface area contributed by atoms with E-state index in [1.165, 1.54) is 6.92 Å². The highest BCUT2D eigenvalue weighted by atomic mass is 16.4. The van der Waals surface area contributed by atoms with Gasteiger partial charge in [-0.2, -0.15) is 0 Å². The third-order valence-corrected chi connectivity index (χ3v) is 3.37. The molecule has 0 aliphatic carbocycles. The van der Waals surface area contributed by atoms with Crippen LogP contribution in [0.25, 0.3) is 0 Å². The third-order valence-electron chi connectivity index (χ3n) is 3.37. The van der Waals surface area contributed by atoms with Crippen molar-refractivity contribution in [3.63, 3.8) is 0 Å². The van der Waals surface area contributed by atoms with E-state index < -0.39 is 17.8 Å². The highest BCUT2D eigenvalue weighted by molar-refractivity contribution is 6.05. The Bertz CT molecular complexity index is 481. The van der Waals surface area contributed by atoms with Gasteiger partial charge in [-0.05, 0) is 31.9 Å². The Hall–Kier alpha value is -2.04. The summed E-state index contributed by atoms with van der Waals surface area (Å²) >= 11 is 0. The maximum Gasteiger partial charge on any atom is 0.315 e. The number of nitrogens with zero attached hydrogens (tertiary/aromatic N) is 1. The highest BCUT2D eigenvalue weighted by Crippen LogP contribution is 2.28. The summed E-state index contributed by atoms with van der Waals surface area (Å²) in [6.07, 6.45) is 2.29. The number of benzene rings is 1. The minimum Gasteiger partial charge on any atom is -0.481 e. The first-order chi connectivity index (χ1) is 9.09. The second-order valence-electron chi connectivity index (χ2n) is 4.76. The monoisotopic (exact) mass is 262 g/mol. The fraction of sp³-hybridized carbons (Fsp3) is 0.429. The Kier molecular flexibility index (Phi) is 4.04. The molecule has 1 aliphatic heterocycles. The van der Waals surface area contributed by atoms with Crippen LogP contribution in [0.2, 0.25) is 0 Å². The standard InChI is InChI=1S/C14H18N2O3/c1-10(14(18)19)13(17)15-11-6-2-3-7-12(11)16-8-4-5-9-16/h2-3,6-7,10H,4-5,8-9H2,1H3,(H,15,17)(H,18,19). The largest absolute Gasteiger partial charge is 0.481 e. The van der Waals surface area contributed by atoms with Crippen molar-refractivity contribution in [1.82, 2.24) is 0 Å². The summed E-state index contributed by atoms with van der Waals surface area (Å²) < 4.78 is 0. The molecule has 1 amide bonds. The fourth-order valence-electron chi connectivity index (χ4n) is 2.17. The molecule has 5 nitrogen and oxygen atoms in total. The Labute approximate surface area is 112 Å². The van der Waals surface area contributed by atoms with Crippen LogP contribution in [0.1, 0.15) is 19.8 Å². The summed E-state index contributed by atoms with van der Waals surface area (Å²) in [6.45, 7) is 3.33. The summed E-state index contributed by atoms with van der Waals surface area (Å²) in [7, 11) is 0. The molecule has 0 saturated carbocycles. The predicted molar refractivity (Wildman–Crippen MR) is 73.3 cm³/mol. The molecule has 102 valence electrons. The highest BCUT2D eigenvalue weighted by Gasteiger charge is 2.22. The summed E-state index contributed by atoms with van der Waals surface area (Å²) in [6, 6.07) is 7.51. The number of aliphatic carboxylic acids is 1. The summed E-state index contributed by atoms with van der Waals surface area (Å²) in [5.41, 5.74) is 1.65. The molecule has 0 spiro atoms. The van der Waals surface area contributed by atoms with Crippen molar-refractivity contribution in [1.29, 1.82) is 0 Å². The third kappa shape index (κ3) is 3.05. The Morgan fingerprint density at radius 2 is 1.89 bits per heavy atom. The van der Waals surface area contributed by atoms with Gasteiger partial charge in [-0.1, -0.05) is 12.1 Å². The van der Waals surface area contributed by atoms with Gasteiger partial charge in [0.2, 0.25) is 5.91 Å². The van der Waals surface area contributed by atoms with E-state index in [0.717, 1.165) is 31.6 Å². The van der Waals surface area contributed by atoms with Crippen LogP contribution in [0, 0.1) is 5.92 Å². The van der Waals surface area contributed by atoms with E-state index in [1.807, 2.05) is 18.2 Å². The molecule has 1 aromatic rings. The van der Waals surface area contributed by atoms with Gasteiger partial charge in [-0.25, -0.2) is 0 Å². The number of hydrogen-bond acceptors (Lipinski definition) is 3. The van der Waals surface area contributed by atoms with Gasteiger partial charge in [-0.15, -0.1) is 0 Å². The predicted octanol–water partition coefficient (Wildman–Crippen LogP) is 1.95. The maximum absolute atomic E-state index is 11.8. The first-order valence-corrected chi connectivity index (χ1v) is 6.47. The van der Waals surface area contributed by atoms with E-state index in [4.69, 9.17) is 5.11 Å². The van der Waals surface area contributed by atoms with Gasteiger partial charge in [0.15, 0.2) is 0 Å². The summed E-state index contributed by atoms with van der Waals surface area (Å²) in [5.74, 6) is -2.65. The molecule has 19 heavy (non-hydrogen) atoms. The van der Waals surface area contributed by atoms with Gasteiger partial charge in [0.1, 0.15) is 5.92 Å². The second kappa shape index (κ2) is 5.73. The molecule has 2 rings (SSSR count). The lowest BCUT2D eigenvalue weighted by atomic mass is 10.1. The molecule has 1 heterocycles. The van der Waals surface area contributed by atoms with E-state index >= 15 is 0 Å². The van der Waals surface area contributed by atoms with Crippen molar-refractivity contribution in [2.75, 3.05) is 23.3 Å². The molecule has 1 fully saturated rings. The van der Waals surface area contributed by atoms with Crippen LogP contribution in [0.4, 0.5) is 11.4 Å². The number of amides is 1. The van der Waals surface area contributed by atoms with Crippen LogP contribution < -0.4 is 10.2 Å². The van der Waals surface area contributed by atoms with E-state index in [9.17, 15) is 9.59 Å². The lowest BCUT2D eigenvalue weighted by Gasteiger charge is -2.21. The van der Waals surface area contributed by atoms with Gasteiger partial charge in [-0.3, -0.25) is 9.59 Å². The Balaban J connectivity index is 2.16. The lowest BCUT2D eigenvalue weighted by Crippen LogP contribution is -2.28. The summed E-state index contributed by atoms with van der Waals surface area (Å²) in [5, 5.41) is 11.5. The fourth-order valence-corrected chi connectivity index (χ4v) is 2.17. The summed E-state index contributed by atoms with van der Waals surface area (Å²) in [4.78, 5) is 24.8. The van der Waals surface area contributed by atoms with E-state index in [2.05, 4.69) is 10.2 Å². The van der Waals surface area contributed by atoms with Crippen LogP contribution in [0.3, 0.4) is 0 Å². The smallest absolute Gasteiger partial charge is 0.315 e. The van der Waals surface area contributed by atoms with Crippen molar-refractivity contribution in [2.24, 2.45) is 5.92 Å². The lowest BCUT2D eigenvalue weighted by molar-refractivity contribution is -0.144. The van der Waals surface area contributed by atoms with E-state index in [-0.39, 0.29) is 0 Å². The molecular weight excluding hydrogens is 244 g/mol. The zero-order chi connectivity index (χ0) is 13.8. The van der Waals surface area contributed by atoms with Crippen LogP contribution in [0.15, 0.2) is 24.3 Å². The first-order valence-electron chi connectivity index (χ1n) is 6.47. The molecule has 0 radical (unpaired) electrons. The molecule has 1 atom stereocenters. The van der Waals surface area contributed by atoms with Crippen LogP contribution >= 0.6 is 0 Å². The number of rotatable bonds is 4. The molecule has 1 saturated heterocycles. The molecular formula is C14H18N2O3. The van der Waals surface area contributed by atoms with Gasteiger partial charge in [0, 0.05) is 13.1 Å². The van der Waals surface area contributed by atoms with Gasteiger partial charge in [0.05, 0.1) is 11.4 Å². The minimum absolute atomic E-state index is 0.487. The Morgan fingerprint density at radius 1 is 1.26 bits per heavy atom. The molecule has 1 unspecified atom stereocenters. The van der Waals surface area contributed by atoms with Crippen LogP contribution in [0.5, 0.6) is 0 Å².